The van der Waals surface area contributed by atoms with Crippen molar-refractivity contribution in [3.8, 4) is 0 Å². The maximum absolute atomic E-state index is 13.4. The van der Waals surface area contributed by atoms with E-state index in [1.165, 1.54) is 19.9 Å². The number of halogens is 1. The third-order valence-electron chi connectivity index (χ3n) is 9.98. The Hall–Kier alpha value is -1.33. The van der Waals surface area contributed by atoms with Gasteiger partial charge in [-0.25, -0.2) is 0 Å². The van der Waals surface area contributed by atoms with E-state index in [9.17, 15) is 14.4 Å². The van der Waals surface area contributed by atoms with Gasteiger partial charge in [-0.15, -0.1) is 0 Å². The van der Waals surface area contributed by atoms with Gasteiger partial charge in [0.1, 0.15) is 23.4 Å². The van der Waals surface area contributed by atoms with Gasteiger partial charge < -0.3 is 28.4 Å². The van der Waals surface area contributed by atoms with Crippen LogP contribution < -0.4 is 0 Å². The summed E-state index contributed by atoms with van der Waals surface area (Å²) in [6, 6.07) is 0. The second-order valence-corrected chi connectivity index (χ2v) is 15.7. The van der Waals surface area contributed by atoms with Crippen LogP contribution in [-0.2, 0) is 42.8 Å². The molecule has 0 amide bonds. The van der Waals surface area contributed by atoms with Crippen LogP contribution in [0.3, 0.4) is 0 Å². The van der Waals surface area contributed by atoms with E-state index in [0.717, 1.165) is 25.7 Å². The number of ketones is 1. The molecule has 9 atom stereocenters. The number of fused-ring (bicyclic) bond motifs is 1. The van der Waals surface area contributed by atoms with Crippen LogP contribution in [0.1, 0.15) is 114 Å². The summed E-state index contributed by atoms with van der Waals surface area (Å²) in [5.74, 6) is -1.04. The van der Waals surface area contributed by atoms with E-state index < -0.39 is 35.0 Å². The molecular weight excluding hydrogens is 620 g/mol. The van der Waals surface area contributed by atoms with Crippen LogP contribution in [0.4, 0.5) is 0 Å². The summed E-state index contributed by atoms with van der Waals surface area (Å²) >= 11 is 3.77. The van der Waals surface area contributed by atoms with Crippen molar-refractivity contribution in [2.45, 2.75) is 177 Å². The number of carbonyl (C=O) groups is 3. The Morgan fingerprint density at radius 1 is 0.860 bits per heavy atom. The first-order chi connectivity index (χ1) is 19.8. The fourth-order valence-corrected chi connectivity index (χ4v) is 7.69. The lowest BCUT2D eigenvalue weighted by atomic mass is 9.76. The molecule has 0 N–H and O–H groups in total. The van der Waals surface area contributed by atoms with Crippen molar-refractivity contribution in [2.24, 2.45) is 0 Å². The molecule has 0 bridgehead atoms. The van der Waals surface area contributed by atoms with Gasteiger partial charge in [-0.3, -0.25) is 14.4 Å². The average Bonchev–Trinajstić information content (AvgIpc) is 3.31. The Labute approximate surface area is 265 Å². The quantitative estimate of drug-likeness (QED) is 0.177. The molecule has 244 valence electrons. The maximum atomic E-state index is 13.4. The van der Waals surface area contributed by atoms with Crippen LogP contribution in [0.2, 0.25) is 0 Å². The summed E-state index contributed by atoms with van der Waals surface area (Å²) in [5.41, 5.74) is -2.97. The van der Waals surface area contributed by atoms with Crippen LogP contribution in [0, 0.1) is 0 Å². The van der Waals surface area contributed by atoms with Gasteiger partial charge >= 0.3 is 11.9 Å². The highest BCUT2D eigenvalue weighted by molar-refractivity contribution is 9.09. The SMILES string of the molecule is CC(=O)O[C@@H](/C=C/C(=O)[C@H]1CC[C@@H]2O[C@H]([C@]3(C)CC[C@@H](Br)C(C)(C)O3)CC[C@]2(C)O1)[C@@]1(C)CC[C@H](C(C)(C)OC(C)=O)O1. The zero-order valence-electron chi connectivity index (χ0n) is 27.3. The van der Waals surface area contributed by atoms with E-state index >= 15 is 0 Å². The lowest BCUT2D eigenvalue weighted by molar-refractivity contribution is -0.285. The maximum Gasteiger partial charge on any atom is 0.303 e. The van der Waals surface area contributed by atoms with Gasteiger partial charge in [0.15, 0.2) is 5.78 Å². The van der Waals surface area contributed by atoms with Crippen molar-refractivity contribution in [3.63, 3.8) is 0 Å². The second-order valence-electron chi connectivity index (χ2n) is 14.6. The van der Waals surface area contributed by atoms with Gasteiger partial charge in [0, 0.05) is 18.7 Å². The zero-order chi connectivity index (χ0) is 32.0. The topological polar surface area (TPSA) is 107 Å². The minimum atomic E-state index is -0.887. The number of carbonyl (C=O) groups excluding carboxylic acids is 3. The van der Waals surface area contributed by atoms with Gasteiger partial charge in [-0.2, -0.15) is 0 Å². The molecule has 0 radical (unpaired) electrons. The lowest BCUT2D eigenvalue weighted by Gasteiger charge is -2.55. The summed E-state index contributed by atoms with van der Waals surface area (Å²) < 4.78 is 37.2. The van der Waals surface area contributed by atoms with Crippen molar-refractivity contribution < 1.29 is 42.8 Å². The first-order valence-corrected chi connectivity index (χ1v) is 16.6. The van der Waals surface area contributed by atoms with Gasteiger partial charge in [-0.1, -0.05) is 15.9 Å². The molecule has 0 aliphatic carbocycles. The summed E-state index contributed by atoms with van der Waals surface area (Å²) in [7, 11) is 0. The standard InChI is InChI=1S/C33H51BrO9/c1-20(35)38-26(32(8)18-15-25(42-32)30(5,6)40-21(2)36)12-10-22(37)23-11-13-27-31(7,41-23)19-16-28(39-27)33(9)17-14-24(34)29(3,4)43-33/h10,12,23-28H,11,13-19H2,1-9H3/b12-10+/t23-,24-,25-,26+,27+,28+,31+,32-,33+/m1/s1. The molecule has 4 rings (SSSR count). The first kappa shape index (κ1) is 34.5. The first-order valence-electron chi connectivity index (χ1n) is 15.7. The molecule has 0 aromatic rings. The van der Waals surface area contributed by atoms with Gasteiger partial charge in [0.05, 0.1) is 35.1 Å². The molecule has 4 heterocycles. The van der Waals surface area contributed by atoms with Crippen LogP contribution in [-0.4, -0.2) is 81.1 Å². The van der Waals surface area contributed by atoms with Crippen LogP contribution in [0.5, 0.6) is 0 Å². The van der Waals surface area contributed by atoms with E-state index in [-0.39, 0.29) is 41.3 Å². The van der Waals surface area contributed by atoms with Crippen molar-refractivity contribution >= 4 is 33.7 Å². The highest BCUT2D eigenvalue weighted by Crippen LogP contribution is 2.48. The minimum absolute atomic E-state index is 0.0353. The fraction of sp³-hybridized carbons (Fsp3) is 0.848. The summed E-state index contributed by atoms with van der Waals surface area (Å²) in [4.78, 5) is 37.4. The fourth-order valence-electron chi connectivity index (χ4n) is 7.37. The molecule has 0 spiro atoms. The molecule has 0 aromatic heterocycles. The third-order valence-corrected chi connectivity index (χ3v) is 11.5. The molecule has 0 unspecified atom stereocenters. The summed E-state index contributed by atoms with van der Waals surface area (Å²) in [5, 5.41) is 0. The van der Waals surface area contributed by atoms with Gasteiger partial charge in [0.25, 0.3) is 0 Å². The van der Waals surface area contributed by atoms with Crippen LogP contribution in [0.25, 0.3) is 0 Å². The summed E-state index contributed by atoms with van der Waals surface area (Å²) in [6.07, 6.45) is 7.04. The van der Waals surface area contributed by atoms with Crippen LogP contribution in [0.15, 0.2) is 12.2 Å². The minimum Gasteiger partial charge on any atom is -0.457 e. The normalized spacial score (nSPS) is 40.5. The molecule has 0 saturated carbocycles. The molecule has 4 aliphatic heterocycles. The summed E-state index contributed by atoms with van der Waals surface area (Å²) in [6.45, 7) is 16.6. The monoisotopic (exact) mass is 670 g/mol. The molecule has 9 nitrogen and oxygen atoms in total. The predicted octanol–water partition coefficient (Wildman–Crippen LogP) is 5.92. The number of ether oxygens (including phenoxy) is 6. The number of esters is 2. The molecule has 4 saturated heterocycles. The highest BCUT2D eigenvalue weighted by Gasteiger charge is 2.54. The van der Waals surface area contributed by atoms with Crippen LogP contribution >= 0.6 is 15.9 Å². The van der Waals surface area contributed by atoms with E-state index in [1.807, 2.05) is 13.8 Å². The number of rotatable bonds is 8. The Morgan fingerprint density at radius 3 is 2.14 bits per heavy atom. The van der Waals surface area contributed by atoms with E-state index in [1.54, 1.807) is 19.9 Å². The third kappa shape index (κ3) is 7.56. The lowest BCUT2D eigenvalue weighted by Crippen LogP contribution is -2.62. The Balaban J connectivity index is 1.39. The van der Waals surface area contributed by atoms with Crippen molar-refractivity contribution in [2.75, 3.05) is 0 Å². The van der Waals surface area contributed by atoms with Gasteiger partial charge in [-0.05, 0) is 112 Å². The van der Waals surface area contributed by atoms with E-state index in [0.29, 0.717) is 30.5 Å². The predicted molar refractivity (Wildman–Crippen MR) is 164 cm³/mol. The Kier molecular flexibility index (Phi) is 10.0. The van der Waals surface area contributed by atoms with Crippen molar-refractivity contribution in [3.05, 3.63) is 12.2 Å². The largest absolute Gasteiger partial charge is 0.457 e. The smallest absolute Gasteiger partial charge is 0.303 e. The average molecular weight is 672 g/mol. The van der Waals surface area contributed by atoms with E-state index in [2.05, 4.69) is 36.7 Å². The Bertz CT molecular complexity index is 1100. The second kappa shape index (κ2) is 12.5. The zero-order valence-corrected chi connectivity index (χ0v) is 28.9. The molecule has 0 aromatic carbocycles. The molecule has 4 fully saturated rings. The molecular formula is C33H51BrO9. The number of hydrogen-bond acceptors (Lipinski definition) is 9. The van der Waals surface area contributed by atoms with E-state index in [4.69, 9.17) is 28.4 Å². The number of hydrogen-bond donors (Lipinski definition) is 0. The van der Waals surface area contributed by atoms with Crippen molar-refractivity contribution in [1.29, 1.82) is 0 Å². The highest BCUT2D eigenvalue weighted by atomic mass is 79.9. The number of alkyl halides is 1. The van der Waals surface area contributed by atoms with Crippen molar-refractivity contribution in [1.82, 2.24) is 0 Å². The van der Waals surface area contributed by atoms with Gasteiger partial charge in [0.2, 0.25) is 0 Å². The molecule has 4 aliphatic rings. The molecule has 43 heavy (non-hydrogen) atoms. The molecule has 10 heteroatoms. The Morgan fingerprint density at radius 2 is 1.51 bits per heavy atom.